The average molecular weight is 342 g/mol. The van der Waals surface area contributed by atoms with Crippen LogP contribution in [0.3, 0.4) is 0 Å². The van der Waals surface area contributed by atoms with Crippen LogP contribution in [0.2, 0.25) is 0 Å². The number of amides is 1. The van der Waals surface area contributed by atoms with Gasteiger partial charge in [0.1, 0.15) is 0 Å². The van der Waals surface area contributed by atoms with Crippen molar-refractivity contribution in [3.8, 4) is 0 Å². The Morgan fingerprint density at radius 3 is 2.52 bits per heavy atom. The van der Waals surface area contributed by atoms with E-state index < -0.39 is 16.0 Å². The maximum atomic E-state index is 11.8. The molecule has 128 valence electrons. The standard InChI is InChI=1S/C15H22N2O5S/c1-3-23(21,22)17(2)10-6-9-16-14(18)11-12-7-4-5-8-13(12)15(19)20/h4-5,7-8H,3,6,9-11H2,1-2H3,(H,16,18)(H,19,20). The SMILES string of the molecule is CCS(=O)(=O)N(C)CCCNC(=O)Cc1ccccc1C(=O)O. The fraction of sp³-hybridized carbons (Fsp3) is 0.467. The number of hydrogen-bond acceptors (Lipinski definition) is 4. The summed E-state index contributed by atoms with van der Waals surface area (Å²) in [6, 6.07) is 6.34. The first kappa shape index (κ1) is 19.1. The molecule has 0 aliphatic carbocycles. The molecule has 2 N–H and O–H groups in total. The molecule has 0 saturated carbocycles. The molecule has 1 rings (SSSR count). The average Bonchev–Trinajstić information content (AvgIpc) is 2.51. The Morgan fingerprint density at radius 2 is 1.91 bits per heavy atom. The normalized spacial score (nSPS) is 11.4. The molecule has 0 aromatic heterocycles. The van der Waals surface area contributed by atoms with Crippen LogP contribution in [-0.4, -0.2) is 55.6 Å². The van der Waals surface area contributed by atoms with Crippen LogP contribution in [0.25, 0.3) is 0 Å². The Bertz CT molecular complexity index is 658. The Hall–Kier alpha value is -1.93. The molecule has 8 heteroatoms. The molecule has 0 saturated heterocycles. The molecule has 1 aromatic rings. The lowest BCUT2D eigenvalue weighted by Gasteiger charge is -2.15. The monoisotopic (exact) mass is 342 g/mol. The Labute approximate surface area is 136 Å². The molecule has 0 radical (unpaired) electrons. The topological polar surface area (TPSA) is 104 Å². The molecule has 0 heterocycles. The van der Waals surface area contributed by atoms with Gasteiger partial charge >= 0.3 is 5.97 Å². The molecule has 0 spiro atoms. The number of rotatable bonds is 9. The van der Waals surface area contributed by atoms with Crippen LogP contribution >= 0.6 is 0 Å². The van der Waals surface area contributed by atoms with E-state index in [1.807, 2.05) is 0 Å². The van der Waals surface area contributed by atoms with Crippen LogP contribution in [0.1, 0.15) is 29.3 Å². The molecule has 0 aliphatic heterocycles. The molecule has 1 amide bonds. The Balaban J connectivity index is 2.43. The van der Waals surface area contributed by atoms with Gasteiger partial charge in [-0.3, -0.25) is 4.79 Å². The third-order valence-electron chi connectivity index (χ3n) is 3.41. The minimum Gasteiger partial charge on any atom is -0.478 e. The van der Waals surface area contributed by atoms with Crippen molar-refractivity contribution in [1.29, 1.82) is 0 Å². The van der Waals surface area contributed by atoms with E-state index in [-0.39, 0.29) is 23.6 Å². The van der Waals surface area contributed by atoms with Crippen LogP contribution in [0.4, 0.5) is 0 Å². The second kappa shape index (κ2) is 8.64. The maximum Gasteiger partial charge on any atom is 0.335 e. The minimum absolute atomic E-state index is 0.0223. The van der Waals surface area contributed by atoms with Crippen molar-refractivity contribution in [3.63, 3.8) is 0 Å². The lowest BCUT2D eigenvalue weighted by atomic mass is 10.0. The van der Waals surface area contributed by atoms with Crippen molar-refractivity contribution in [3.05, 3.63) is 35.4 Å². The lowest BCUT2D eigenvalue weighted by Crippen LogP contribution is -2.33. The summed E-state index contributed by atoms with van der Waals surface area (Å²) in [5.41, 5.74) is 0.555. The molecule has 0 bridgehead atoms. The third kappa shape index (κ3) is 5.99. The van der Waals surface area contributed by atoms with Crippen LogP contribution in [0, 0.1) is 0 Å². The summed E-state index contributed by atoms with van der Waals surface area (Å²) in [6.45, 7) is 2.23. The summed E-state index contributed by atoms with van der Waals surface area (Å²) in [5.74, 6) is -1.32. The van der Waals surface area contributed by atoms with Crippen molar-refractivity contribution in [2.24, 2.45) is 0 Å². The second-order valence-corrected chi connectivity index (χ2v) is 7.43. The van der Waals surface area contributed by atoms with E-state index in [1.54, 1.807) is 25.1 Å². The highest BCUT2D eigenvalue weighted by Crippen LogP contribution is 2.09. The van der Waals surface area contributed by atoms with E-state index in [9.17, 15) is 18.0 Å². The summed E-state index contributed by atoms with van der Waals surface area (Å²) in [7, 11) is -1.70. The van der Waals surface area contributed by atoms with Gasteiger partial charge in [0, 0.05) is 20.1 Å². The number of hydrogen-bond donors (Lipinski definition) is 2. The summed E-state index contributed by atoms with van der Waals surface area (Å²) < 4.78 is 24.4. The van der Waals surface area contributed by atoms with Gasteiger partial charge in [-0.25, -0.2) is 17.5 Å². The van der Waals surface area contributed by atoms with Crippen molar-refractivity contribution < 1.29 is 23.1 Å². The van der Waals surface area contributed by atoms with Crippen LogP contribution in [0.15, 0.2) is 24.3 Å². The predicted molar refractivity (Wildman–Crippen MR) is 86.8 cm³/mol. The van der Waals surface area contributed by atoms with Gasteiger partial charge in [-0.1, -0.05) is 18.2 Å². The van der Waals surface area contributed by atoms with Crippen molar-refractivity contribution in [2.75, 3.05) is 25.9 Å². The third-order valence-corrected chi connectivity index (χ3v) is 5.27. The molecular formula is C15H22N2O5S. The molecular weight excluding hydrogens is 320 g/mol. The first-order valence-electron chi connectivity index (χ1n) is 7.29. The van der Waals surface area contributed by atoms with E-state index in [0.717, 1.165) is 0 Å². The van der Waals surface area contributed by atoms with E-state index in [0.29, 0.717) is 25.1 Å². The lowest BCUT2D eigenvalue weighted by molar-refractivity contribution is -0.120. The van der Waals surface area contributed by atoms with Crippen LogP contribution < -0.4 is 5.32 Å². The number of carbonyl (C=O) groups excluding carboxylic acids is 1. The second-order valence-electron chi connectivity index (χ2n) is 5.06. The van der Waals surface area contributed by atoms with Crippen molar-refractivity contribution in [1.82, 2.24) is 9.62 Å². The highest BCUT2D eigenvalue weighted by Gasteiger charge is 2.15. The highest BCUT2D eigenvalue weighted by molar-refractivity contribution is 7.89. The van der Waals surface area contributed by atoms with E-state index in [1.165, 1.54) is 17.4 Å². The summed E-state index contributed by atoms with van der Waals surface area (Å²) in [5, 5.41) is 11.7. The first-order chi connectivity index (χ1) is 10.8. The fourth-order valence-electron chi connectivity index (χ4n) is 2.01. The zero-order chi connectivity index (χ0) is 17.5. The molecule has 0 fully saturated rings. The van der Waals surface area contributed by atoms with Gasteiger partial charge in [-0.05, 0) is 25.0 Å². The van der Waals surface area contributed by atoms with Gasteiger partial charge < -0.3 is 10.4 Å². The first-order valence-corrected chi connectivity index (χ1v) is 8.90. The number of benzene rings is 1. The Morgan fingerprint density at radius 1 is 1.26 bits per heavy atom. The van der Waals surface area contributed by atoms with E-state index in [4.69, 9.17) is 5.11 Å². The number of aromatic carboxylic acids is 1. The highest BCUT2D eigenvalue weighted by atomic mass is 32.2. The summed E-state index contributed by atoms with van der Waals surface area (Å²) in [6.07, 6.45) is 0.466. The molecule has 0 atom stereocenters. The minimum atomic E-state index is -3.21. The molecule has 7 nitrogen and oxygen atoms in total. The van der Waals surface area contributed by atoms with Gasteiger partial charge in [-0.2, -0.15) is 0 Å². The van der Waals surface area contributed by atoms with E-state index in [2.05, 4.69) is 5.32 Å². The van der Waals surface area contributed by atoms with Crippen molar-refractivity contribution in [2.45, 2.75) is 19.8 Å². The number of nitrogens with one attached hydrogen (secondary N) is 1. The molecule has 1 aromatic carbocycles. The number of nitrogens with zero attached hydrogens (tertiary/aromatic N) is 1. The van der Waals surface area contributed by atoms with Gasteiger partial charge in [0.05, 0.1) is 17.7 Å². The predicted octanol–water partition coefficient (Wildman–Crippen LogP) is 0.715. The summed E-state index contributed by atoms with van der Waals surface area (Å²) >= 11 is 0. The van der Waals surface area contributed by atoms with Gasteiger partial charge in [0.2, 0.25) is 15.9 Å². The zero-order valence-electron chi connectivity index (χ0n) is 13.3. The molecule has 23 heavy (non-hydrogen) atoms. The van der Waals surface area contributed by atoms with E-state index >= 15 is 0 Å². The fourth-order valence-corrected chi connectivity index (χ4v) is 2.86. The molecule has 0 unspecified atom stereocenters. The van der Waals surface area contributed by atoms with Crippen LogP contribution in [0.5, 0.6) is 0 Å². The summed E-state index contributed by atoms with van der Waals surface area (Å²) in [4.78, 5) is 22.9. The quantitative estimate of drug-likeness (QED) is 0.644. The van der Waals surface area contributed by atoms with Gasteiger partial charge in [0.25, 0.3) is 0 Å². The van der Waals surface area contributed by atoms with Gasteiger partial charge in [-0.15, -0.1) is 0 Å². The molecule has 0 aliphatic rings. The number of sulfonamides is 1. The zero-order valence-corrected chi connectivity index (χ0v) is 14.1. The van der Waals surface area contributed by atoms with Gasteiger partial charge in [0.15, 0.2) is 0 Å². The number of carbonyl (C=O) groups is 2. The smallest absolute Gasteiger partial charge is 0.335 e. The maximum absolute atomic E-state index is 11.8. The number of carboxylic acid groups (broad SMARTS) is 1. The largest absolute Gasteiger partial charge is 0.478 e. The Kier molecular flexibility index (Phi) is 7.18. The van der Waals surface area contributed by atoms with Crippen molar-refractivity contribution >= 4 is 21.9 Å². The number of carboxylic acids is 1. The van der Waals surface area contributed by atoms with Crippen LogP contribution in [-0.2, 0) is 21.2 Å².